The second kappa shape index (κ2) is 6.64. The first-order chi connectivity index (χ1) is 10.7. The molecular weight excluding hydrogens is 274 g/mol. The lowest BCUT2D eigenvalue weighted by Gasteiger charge is -2.12. The zero-order valence-corrected chi connectivity index (χ0v) is 13.2. The van der Waals surface area contributed by atoms with E-state index in [0.717, 1.165) is 25.0 Å². The number of aliphatic imine (C=N–C) groups is 1. The Morgan fingerprint density at radius 3 is 2.91 bits per heavy atom. The molecule has 0 saturated heterocycles. The molecular formula is C17H23N5. The van der Waals surface area contributed by atoms with Crippen LogP contribution in [0.3, 0.4) is 0 Å². The van der Waals surface area contributed by atoms with Crippen molar-refractivity contribution in [1.29, 1.82) is 0 Å². The minimum atomic E-state index is 0.582. The average molecular weight is 297 g/mol. The van der Waals surface area contributed by atoms with Crippen molar-refractivity contribution in [3.63, 3.8) is 0 Å². The third-order valence-corrected chi connectivity index (χ3v) is 4.03. The van der Waals surface area contributed by atoms with Crippen molar-refractivity contribution in [2.75, 3.05) is 7.05 Å². The van der Waals surface area contributed by atoms with E-state index < -0.39 is 0 Å². The fraction of sp³-hybridized carbons (Fsp3) is 0.412. The van der Waals surface area contributed by atoms with E-state index in [1.165, 1.54) is 17.5 Å². The lowest BCUT2D eigenvalue weighted by Crippen LogP contribution is -2.38. The van der Waals surface area contributed by atoms with Crippen molar-refractivity contribution < 1.29 is 0 Å². The molecule has 22 heavy (non-hydrogen) atoms. The number of guanidine groups is 1. The largest absolute Gasteiger partial charge is 0.353 e. The molecule has 1 heterocycles. The van der Waals surface area contributed by atoms with Crippen LogP contribution in [0.2, 0.25) is 0 Å². The summed E-state index contributed by atoms with van der Waals surface area (Å²) in [7, 11) is 1.82. The SMILES string of the molecule is CN=C(NCc1cccc(Cn2ccnc2)c1)NC1CC1C. The van der Waals surface area contributed by atoms with Gasteiger partial charge >= 0.3 is 0 Å². The third kappa shape index (κ3) is 3.87. The van der Waals surface area contributed by atoms with Gasteiger partial charge in [-0.2, -0.15) is 0 Å². The van der Waals surface area contributed by atoms with E-state index in [4.69, 9.17) is 0 Å². The molecule has 2 aromatic rings. The summed E-state index contributed by atoms with van der Waals surface area (Å²) >= 11 is 0. The lowest BCUT2D eigenvalue weighted by atomic mass is 10.1. The van der Waals surface area contributed by atoms with Gasteiger partial charge in [-0.15, -0.1) is 0 Å². The maximum Gasteiger partial charge on any atom is 0.191 e. The predicted molar refractivity (Wildman–Crippen MR) is 88.7 cm³/mol. The smallest absolute Gasteiger partial charge is 0.191 e. The van der Waals surface area contributed by atoms with Crippen LogP contribution in [-0.4, -0.2) is 28.6 Å². The van der Waals surface area contributed by atoms with Crippen LogP contribution < -0.4 is 10.6 Å². The maximum absolute atomic E-state index is 4.28. The van der Waals surface area contributed by atoms with Gasteiger partial charge in [0.05, 0.1) is 6.33 Å². The van der Waals surface area contributed by atoms with Gasteiger partial charge < -0.3 is 15.2 Å². The van der Waals surface area contributed by atoms with Gasteiger partial charge in [0.2, 0.25) is 0 Å². The van der Waals surface area contributed by atoms with Gasteiger partial charge in [-0.1, -0.05) is 31.2 Å². The highest BCUT2D eigenvalue weighted by Gasteiger charge is 2.33. The number of benzene rings is 1. The van der Waals surface area contributed by atoms with E-state index in [0.29, 0.717) is 6.04 Å². The Balaban J connectivity index is 1.55. The van der Waals surface area contributed by atoms with Crippen LogP contribution in [0.5, 0.6) is 0 Å². The van der Waals surface area contributed by atoms with E-state index in [1.807, 2.05) is 19.6 Å². The Labute approximate surface area is 131 Å². The Hall–Kier alpha value is -2.30. The van der Waals surface area contributed by atoms with E-state index in [9.17, 15) is 0 Å². The Morgan fingerprint density at radius 2 is 2.23 bits per heavy atom. The van der Waals surface area contributed by atoms with Crippen molar-refractivity contribution in [3.8, 4) is 0 Å². The molecule has 116 valence electrons. The highest BCUT2D eigenvalue weighted by atomic mass is 15.2. The molecule has 1 aromatic heterocycles. The van der Waals surface area contributed by atoms with Gasteiger partial charge in [0.25, 0.3) is 0 Å². The van der Waals surface area contributed by atoms with Crippen LogP contribution in [0.4, 0.5) is 0 Å². The molecule has 0 aliphatic heterocycles. The topological polar surface area (TPSA) is 54.2 Å². The summed E-state index contributed by atoms with van der Waals surface area (Å²) in [6.45, 7) is 3.88. The molecule has 0 radical (unpaired) electrons. The fourth-order valence-corrected chi connectivity index (χ4v) is 2.51. The van der Waals surface area contributed by atoms with Gasteiger partial charge in [0.15, 0.2) is 5.96 Å². The van der Waals surface area contributed by atoms with Gasteiger partial charge in [0.1, 0.15) is 0 Å². The van der Waals surface area contributed by atoms with Crippen molar-refractivity contribution in [2.45, 2.75) is 32.5 Å². The minimum Gasteiger partial charge on any atom is -0.353 e. The quantitative estimate of drug-likeness (QED) is 0.655. The summed E-state index contributed by atoms with van der Waals surface area (Å²) in [6.07, 6.45) is 6.86. The molecule has 5 nitrogen and oxygen atoms in total. The summed E-state index contributed by atoms with van der Waals surface area (Å²) in [5, 5.41) is 6.82. The summed E-state index contributed by atoms with van der Waals surface area (Å²) < 4.78 is 2.07. The molecule has 5 heteroatoms. The number of hydrogen-bond donors (Lipinski definition) is 2. The van der Waals surface area contributed by atoms with Crippen LogP contribution in [0, 0.1) is 5.92 Å². The standard InChI is InChI=1S/C17H23N5/c1-13-8-16(13)21-17(18-2)20-10-14-4-3-5-15(9-14)11-22-7-6-19-12-22/h3-7,9,12-13,16H,8,10-11H2,1-2H3,(H2,18,20,21). The molecule has 1 aliphatic rings. The van der Waals surface area contributed by atoms with Gasteiger partial charge in [-0.25, -0.2) is 4.98 Å². The number of nitrogens with zero attached hydrogens (tertiary/aromatic N) is 3. The second-order valence-corrected chi connectivity index (χ2v) is 5.94. The highest BCUT2D eigenvalue weighted by molar-refractivity contribution is 5.80. The maximum atomic E-state index is 4.28. The fourth-order valence-electron chi connectivity index (χ4n) is 2.51. The molecule has 3 rings (SSSR count). The molecule has 2 N–H and O–H groups in total. The van der Waals surface area contributed by atoms with E-state index in [-0.39, 0.29) is 0 Å². The number of aromatic nitrogens is 2. The molecule has 2 atom stereocenters. The van der Waals surface area contributed by atoms with Gasteiger partial charge in [0, 0.05) is 38.6 Å². The number of nitrogens with one attached hydrogen (secondary N) is 2. The summed E-state index contributed by atoms with van der Waals surface area (Å²) in [5.74, 6) is 1.64. The third-order valence-electron chi connectivity index (χ3n) is 4.03. The number of imidazole rings is 1. The van der Waals surface area contributed by atoms with Crippen LogP contribution in [0.15, 0.2) is 48.0 Å². The summed E-state index contributed by atoms with van der Waals surface area (Å²) in [4.78, 5) is 8.36. The van der Waals surface area contributed by atoms with E-state index in [1.54, 1.807) is 6.20 Å². The van der Waals surface area contributed by atoms with Gasteiger partial charge in [-0.05, 0) is 23.5 Å². The first-order valence-corrected chi connectivity index (χ1v) is 7.75. The molecule has 0 bridgehead atoms. The average Bonchev–Trinajstić information content (AvgIpc) is 2.99. The lowest BCUT2D eigenvalue weighted by molar-refractivity contribution is 0.761. The van der Waals surface area contributed by atoms with Crippen LogP contribution >= 0.6 is 0 Å². The first-order valence-electron chi connectivity index (χ1n) is 7.75. The Morgan fingerprint density at radius 1 is 1.41 bits per heavy atom. The van der Waals surface area contributed by atoms with Crippen LogP contribution in [0.1, 0.15) is 24.5 Å². The van der Waals surface area contributed by atoms with Crippen molar-refractivity contribution >= 4 is 5.96 Å². The van der Waals surface area contributed by atoms with Crippen molar-refractivity contribution in [3.05, 3.63) is 54.1 Å². The molecule has 1 fully saturated rings. The zero-order valence-electron chi connectivity index (χ0n) is 13.2. The molecule has 1 aromatic carbocycles. The Kier molecular flexibility index (Phi) is 4.42. The molecule has 1 saturated carbocycles. The second-order valence-electron chi connectivity index (χ2n) is 5.94. The predicted octanol–water partition coefficient (Wildman–Crippen LogP) is 2.00. The van der Waals surface area contributed by atoms with Crippen LogP contribution in [0.25, 0.3) is 0 Å². The molecule has 2 unspecified atom stereocenters. The van der Waals surface area contributed by atoms with E-state index in [2.05, 4.69) is 56.4 Å². The summed E-state index contributed by atoms with van der Waals surface area (Å²) in [5.41, 5.74) is 2.53. The first kappa shape index (κ1) is 14.6. The molecule has 1 aliphatic carbocycles. The minimum absolute atomic E-state index is 0.582. The summed E-state index contributed by atoms with van der Waals surface area (Å²) in [6, 6.07) is 9.18. The molecule has 0 amide bonds. The highest BCUT2D eigenvalue weighted by Crippen LogP contribution is 2.28. The normalized spacial score (nSPS) is 20.7. The van der Waals surface area contributed by atoms with Crippen molar-refractivity contribution in [1.82, 2.24) is 20.2 Å². The zero-order chi connectivity index (χ0) is 15.4. The monoisotopic (exact) mass is 297 g/mol. The number of rotatable bonds is 5. The van der Waals surface area contributed by atoms with Crippen molar-refractivity contribution in [2.24, 2.45) is 10.9 Å². The van der Waals surface area contributed by atoms with Crippen LogP contribution in [-0.2, 0) is 13.1 Å². The van der Waals surface area contributed by atoms with E-state index >= 15 is 0 Å². The van der Waals surface area contributed by atoms with Gasteiger partial charge in [-0.3, -0.25) is 4.99 Å². The number of hydrogen-bond acceptors (Lipinski definition) is 2. The molecule has 0 spiro atoms. The Bertz CT molecular complexity index is 632.